The van der Waals surface area contributed by atoms with Crippen LogP contribution in [-0.2, 0) is 0 Å². The molecule has 0 aromatic carbocycles. The molecule has 0 unspecified atom stereocenters. The van der Waals surface area contributed by atoms with Gasteiger partial charge in [0.1, 0.15) is 0 Å². The monoisotopic (exact) mass is 184 g/mol. The zero-order chi connectivity index (χ0) is 9.14. The average molecular weight is 184 g/mol. The van der Waals surface area contributed by atoms with Crippen LogP contribution < -0.4 is 4.90 Å². The van der Waals surface area contributed by atoms with Gasteiger partial charge in [-0.2, -0.15) is 0 Å². The zero-order valence-corrected chi connectivity index (χ0v) is 8.98. The van der Waals surface area contributed by atoms with Crippen molar-refractivity contribution in [2.24, 2.45) is 0 Å². The highest BCUT2D eigenvalue weighted by molar-refractivity contribution is 7.13. The number of hydrogen-bond donors (Lipinski definition) is 0. The summed E-state index contributed by atoms with van der Waals surface area (Å²) >= 11 is 1.73. The first-order valence-electron chi connectivity index (χ1n) is 4.31. The second-order valence-corrected chi connectivity index (χ2v) is 4.06. The Morgan fingerprint density at radius 2 is 2.25 bits per heavy atom. The van der Waals surface area contributed by atoms with Crippen molar-refractivity contribution in [1.29, 1.82) is 0 Å². The summed E-state index contributed by atoms with van der Waals surface area (Å²) in [5, 5.41) is 3.27. The summed E-state index contributed by atoms with van der Waals surface area (Å²) in [4.78, 5) is 6.69. The van der Waals surface area contributed by atoms with Crippen LogP contribution in [0.15, 0.2) is 5.38 Å². The SMILES string of the molecule is CCN(C)c1nc(C(C)C)cs1. The molecule has 0 amide bonds. The maximum Gasteiger partial charge on any atom is 0.185 e. The van der Waals surface area contributed by atoms with E-state index in [-0.39, 0.29) is 0 Å². The van der Waals surface area contributed by atoms with Gasteiger partial charge in [-0.05, 0) is 12.8 Å². The highest BCUT2D eigenvalue weighted by Gasteiger charge is 2.07. The Bertz CT molecular complexity index is 242. The molecule has 0 spiro atoms. The summed E-state index contributed by atoms with van der Waals surface area (Å²) in [7, 11) is 2.07. The van der Waals surface area contributed by atoms with Gasteiger partial charge in [0.15, 0.2) is 5.13 Å². The van der Waals surface area contributed by atoms with Crippen LogP contribution >= 0.6 is 11.3 Å². The van der Waals surface area contributed by atoms with Gasteiger partial charge in [0.25, 0.3) is 0 Å². The molecule has 12 heavy (non-hydrogen) atoms. The molecule has 0 atom stereocenters. The predicted octanol–water partition coefficient (Wildman–Crippen LogP) is 2.72. The predicted molar refractivity (Wildman–Crippen MR) is 55.1 cm³/mol. The van der Waals surface area contributed by atoms with E-state index in [1.54, 1.807) is 11.3 Å². The molecule has 0 bridgehead atoms. The van der Waals surface area contributed by atoms with Crippen molar-refractivity contribution in [2.75, 3.05) is 18.5 Å². The van der Waals surface area contributed by atoms with Gasteiger partial charge in [0.2, 0.25) is 0 Å². The number of hydrogen-bond acceptors (Lipinski definition) is 3. The van der Waals surface area contributed by atoms with Crippen LogP contribution in [0.2, 0.25) is 0 Å². The number of nitrogens with zero attached hydrogens (tertiary/aromatic N) is 2. The Kier molecular flexibility index (Phi) is 3.09. The lowest BCUT2D eigenvalue weighted by Gasteiger charge is -2.11. The highest BCUT2D eigenvalue weighted by Crippen LogP contribution is 2.23. The Morgan fingerprint density at radius 3 is 2.67 bits per heavy atom. The Balaban J connectivity index is 2.77. The van der Waals surface area contributed by atoms with Gasteiger partial charge in [-0.25, -0.2) is 4.98 Å². The molecule has 0 saturated carbocycles. The van der Waals surface area contributed by atoms with Crippen LogP contribution in [0.4, 0.5) is 5.13 Å². The van der Waals surface area contributed by atoms with Crippen LogP contribution in [0.3, 0.4) is 0 Å². The average Bonchev–Trinajstić information content (AvgIpc) is 2.51. The third-order valence-corrected chi connectivity index (χ3v) is 2.88. The summed E-state index contributed by atoms with van der Waals surface area (Å²) in [6, 6.07) is 0. The van der Waals surface area contributed by atoms with E-state index in [1.165, 1.54) is 5.69 Å². The number of rotatable bonds is 3. The lowest BCUT2D eigenvalue weighted by atomic mass is 10.2. The lowest BCUT2D eigenvalue weighted by molar-refractivity contribution is 0.825. The van der Waals surface area contributed by atoms with E-state index >= 15 is 0 Å². The van der Waals surface area contributed by atoms with Gasteiger partial charge in [-0.15, -0.1) is 11.3 Å². The van der Waals surface area contributed by atoms with Crippen molar-refractivity contribution >= 4 is 16.5 Å². The lowest BCUT2D eigenvalue weighted by Crippen LogP contribution is -2.15. The summed E-state index contributed by atoms with van der Waals surface area (Å²) in [6.07, 6.45) is 0. The number of anilines is 1. The smallest absolute Gasteiger partial charge is 0.185 e. The van der Waals surface area contributed by atoms with Gasteiger partial charge in [-0.1, -0.05) is 13.8 Å². The number of aromatic nitrogens is 1. The van der Waals surface area contributed by atoms with E-state index in [9.17, 15) is 0 Å². The fourth-order valence-electron chi connectivity index (χ4n) is 0.852. The molecule has 2 nitrogen and oxygen atoms in total. The van der Waals surface area contributed by atoms with Crippen molar-refractivity contribution in [3.05, 3.63) is 11.1 Å². The van der Waals surface area contributed by atoms with Gasteiger partial charge in [0.05, 0.1) is 5.69 Å². The largest absolute Gasteiger partial charge is 0.351 e. The number of thiazole rings is 1. The Morgan fingerprint density at radius 1 is 1.58 bits per heavy atom. The quantitative estimate of drug-likeness (QED) is 0.718. The molecule has 0 saturated heterocycles. The third-order valence-electron chi connectivity index (χ3n) is 1.90. The topological polar surface area (TPSA) is 16.1 Å². The normalized spacial score (nSPS) is 10.8. The van der Waals surface area contributed by atoms with Crippen LogP contribution in [0.25, 0.3) is 0 Å². The molecule has 1 aromatic heterocycles. The molecular weight excluding hydrogens is 168 g/mol. The molecule has 68 valence electrons. The van der Waals surface area contributed by atoms with Crippen molar-refractivity contribution in [3.63, 3.8) is 0 Å². The second-order valence-electron chi connectivity index (χ2n) is 3.22. The first-order valence-corrected chi connectivity index (χ1v) is 5.19. The molecule has 3 heteroatoms. The standard InChI is InChI=1S/C9H16N2S/c1-5-11(4)9-10-8(6-12-9)7(2)3/h6-7H,5H2,1-4H3. The van der Waals surface area contributed by atoms with Crippen molar-refractivity contribution in [3.8, 4) is 0 Å². The molecule has 1 rings (SSSR count). The van der Waals surface area contributed by atoms with E-state index in [2.05, 4.69) is 43.1 Å². The third kappa shape index (κ3) is 1.97. The second kappa shape index (κ2) is 3.90. The fraction of sp³-hybridized carbons (Fsp3) is 0.667. The van der Waals surface area contributed by atoms with Crippen LogP contribution in [0.5, 0.6) is 0 Å². The minimum absolute atomic E-state index is 0.542. The van der Waals surface area contributed by atoms with E-state index in [1.807, 2.05) is 0 Å². The summed E-state index contributed by atoms with van der Waals surface area (Å²) < 4.78 is 0. The molecule has 1 heterocycles. The van der Waals surface area contributed by atoms with Gasteiger partial charge < -0.3 is 4.90 Å². The molecule has 0 radical (unpaired) electrons. The Labute approximate surface area is 78.2 Å². The molecule has 0 aliphatic carbocycles. The zero-order valence-electron chi connectivity index (χ0n) is 8.16. The summed E-state index contributed by atoms with van der Waals surface area (Å²) in [6.45, 7) is 7.50. The van der Waals surface area contributed by atoms with Gasteiger partial charge in [0, 0.05) is 19.0 Å². The van der Waals surface area contributed by atoms with Crippen LogP contribution in [0, 0.1) is 0 Å². The van der Waals surface area contributed by atoms with Gasteiger partial charge in [-0.3, -0.25) is 0 Å². The van der Waals surface area contributed by atoms with E-state index in [0.717, 1.165) is 11.7 Å². The van der Waals surface area contributed by atoms with Crippen molar-refractivity contribution in [2.45, 2.75) is 26.7 Å². The maximum absolute atomic E-state index is 4.52. The maximum atomic E-state index is 4.52. The fourth-order valence-corrected chi connectivity index (χ4v) is 1.87. The van der Waals surface area contributed by atoms with Gasteiger partial charge >= 0.3 is 0 Å². The molecule has 0 fully saturated rings. The van der Waals surface area contributed by atoms with Crippen molar-refractivity contribution in [1.82, 2.24) is 4.98 Å². The van der Waals surface area contributed by atoms with Crippen LogP contribution in [0.1, 0.15) is 32.4 Å². The molecule has 1 aromatic rings. The molecule has 0 aliphatic rings. The van der Waals surface area contributed by atoms with Crippen LogP contribution in [-0.4, -0.2) is 18.6 Å². The highest BCUT2D eigenvalue weighted by atomic mass is 32.1. The summed E-state index contributed by atoms with van der Waals surface area (Å²) in [5.74, 6) is 0.542. The van der Waals surface area contributed by atoms with E-state index in [0.29, 0.717) is 5.92 Å². The van der Waals surface area contributed by atoms with Crippen molar-refractivity contribution < 1.29 is 0 Å². The first kappa shape index (κ1) is 9.52. The first-order chi connectivity index (χ1) is 5.65. The molecule has 0 aliphatic heterocycles. The minimum atomic E-state index is 0.542. The molecular formula is C9H16N2S. The molecule has 0 N–H and O–H groups in total. The van der Waals surface area contributed by atoms with E-state index in [4.69, 9.17) is 0 Å². The summed E-state index contributed by atoms with van der Waals surface area (Å²) in [5.41, 5.74) is 1.20. The Hall–Kier alpha value is -0.570. The minimum Gasteiger partial charge on any atom is -0.351 e. The van der Waals surface area contributed by atoms with E-state index < -0.39 is 0 Å².